The van der Waals surface area contributed by atoms with Crippen molar-refractivity contribution in [2.75, 3.05) is 17.6 Å². The molecule has 2 rings (SSSR count). The van der Waals surface area contributed by atoms with Gasteiger partial charge in [0.2, 0.25) is 0 Å². The van der Waals surface area contributed by atoms with Crippen LogP contribution in [0, 0.1) is 0 Å². The number of hydrogen-bond acceptors (Lipinski definition) is 4. The monoisotopic (exact) mass is 260 g/mol. The Kier molecular flexibility index (Phi) is 4.34. The molecule has 0 radical (unpaired) electrons. The summed E-state index contributed by atoms with van der Waals surface area (Å²) in [4.78, 5) is 0. The summed E-state index contributed by atoms with van der Waals surface area (Å²) < 4.78 is 10.9. The van der Waals surface area contributed by atoms with Gasteiger partial charge in [0.15, 0.2) is 0 Å². The molecule has 0 atom stereocenters. The first-order valence-corrected chi connectivity index (χ1v) is 6.48. The van der Waals surface area contributed by atoms with E-state index in [0.717, 1.165) is 30.2 Å². The maximum absolute atomic E-state index is 6.08. The molecule has 3 N–H and O–H groups in total. The molecule has 1 aromatic heterocycles. The Balaban J connectivity index is 1.96. The molecule has 0 saturated heterocycles. The van der Waals surface area contributed by atoms with Gasteiger partial charge >= 0.3 is 0 Å². The van der Waals surface area contributed by atoms with Crippen molar-refractivity contribution < 1.29 is 9.15 Å². The highest BCUT2D eigenvalue weighted by Gasteiger charge is 2.07. The minimum atomic E-state index is 0.112. The number of hydrogen-bond donors (Lipinski definition) is 2. The first kappa shape index (κ1) is 13.3. The van der Waals surface area contributed by atoms with Crippen LogP contribution < -0.4 is 15.8 Å². The van der Waals surface area contributed by atoms with E-state index in [9.17, 15) is 0 Å². The van der Waals surface area contributed by atoms with Crippen molar-refractivity contribution in [1.82, 2.24) is 0 Å². The lowest BCUT2D eigenvalue weighted by Gasteiger charge is -2.15. The Hall–Kier alpha value is -2.10. The fraction of sp³-hybridized carbons (Fsp3) is 0.333. The van der Waals surface area contributed by atoms with E-state index in [1.807, 2.05) is 44.2 Å². The molecule has 0 aliphatic carbocycles. The zero-order valence-corrected chi connectivity index (χ0v) is 11.3. The summed E-state index contributed by atoms with van der Waals surface area (Å²) in [6, 6.07) is 9.62. The Morgan fingerprint density at radius 3 is 2.79 bits per heavy atom. The molecule has 2 aromatic rings. The molecule has 1 aromatic carbocycles. The molecule has 19 heavy (non-hydrogen) atoms. The topological polar surface area (TPSA) is 60.4 Å². The van der Waals surface area contributed by atoms with Crippen molar-refractivity contribution in [3.8, 4) is 5.75 Å². The van der Waals surface area contributed by atoms with Gasteiger partial charge in [-0.25, -0.2) is 0 Å². The van der Waals surface area contributed by atoms with Gasteiger partial charge < -0.3 is 20.2 Å². The normalized spacial score (nSPS) is 10.7. The molecule has 0 bridgehead atoms. The van der Waals surface area contributed by atoms with Crippen LogP contribution in [0.1, 0.15) is 19.6 Å². The highest BCUT2D eigenvalue weighted by atomic mass is 16.5. The molecule has 0 fully saturated rings. The largest absolute Gasteiger partial charge is 0.489 e. The van der Waals surface area contributed by atoms with Gasteiger partial charge in [-0.05, 0) is 38.1 Å². The van der Waals surface area contributed by atoms with E-state index < -0.39 is 0 Å². The number of nitrogens with two attached hydrogens (primary N) is 1. The maximum atomic E-state index is 6.08. The molecular formula is C15H20N2O2. The molecule has 1 heterocycles. The molecule has 4 heteroatoms. The second-order valence-electron chi connectivity index (χ2n) is 4.64. The Labute approximate surface area is 113 Å². The summed E-state index contributed by atoms with van der Waals surface area (Å²) in [7, 11) is 0. The number of rotatable bonds is 6. The van der Waals surface area contributed by atoms with E-state index in [1.54, 1.807) is 6.26 Å². The number of benzene rings is 1. The Morgan fingerprint density at radius 1 is 1.26 bits per heavy atom. The fourth-order valence-electron chi connectivity index (χ4n) is 1.83. The average molecular weight is 260 g/mol. The number of anilines is 2. The highest BCUT2D eigenvalue weighted by Crippen LogP contribution is 2.30. The molecule has 0 amide bonds. The van der Waals surface area contributed by atoms with Crippen LogP contribution in [0.3, 0.4) is 0 Å². The standard InChI is InChI=1S/C15H20N2O2/c1-11(2)19-14-7-3-6-13(15(14)16)17-9-8-12-5-4-10-18-12/h3-7,10-11,17H,8-9,16H2,1-2H3. The van der Waals surface area contributed by atoms with Crippen molar-refractivity contribution in [2.45, 2.75) is 26.4 Å². The third-order valence-corrected chi connectivity index (χ3v) is 2.70. The van der Waals surface area contributed by atoms with Crippen molar-refractivity contribution >= 4 is 11.4 Å². The van der Waals surface area contributed by atoms with Gasteiger partial charge in [-0.2, -0.15) is 0 Å². The van der Waals surface area contributed by atoms with Gasteiger partial charge in [0.25, 0.3) is 0 Å². The minimum absolute atomic E-state index is 0.112. The van der Waals surface area contributed by atoms with Crippen LogP contribution in [0.4, 0.5) is 11.4 Å². The van der Waals surface area contributed by atoms with Crippen LogP contribution in [0.2, 0.25) is 0 Å². The molecule has 102 valence electrons. The SMILES string of the molecule is CC(C)Oc1cccc(NCCc2ccco2)c1N. The Bertz CT molecular complexity index is 507. The van der Waals surface area contributed by atoms with Crippen molar-refractivity contribution in [3.05, 3.63) is 42.4 Å². The maximum Gasteiger partial charge on any atom is 0.144 e. The average Bonchev–Trinajstić information content (AvgIpc) is 2.86. The molecule has 0 saturated carbocycles. The molecule has 0 aliphatic rings. The highest BCUT2D eigenvalue weighted by molar-refractivity contribution is 5.72. The quantitative estimate of drug-likeness (QED) is 0.782. The Morgan fingerprint density at radius 2 is 2.11 bits per heavy atom. The number of ether oxygens (including phenoxy) is 1. The summed E-state index contributed by atoms with van der Waals surface area (Å²) >= 11 is 0. The number of para-hydroxylation sites is 1. The second-order valence-corrected chi connectivity index (χ2v) is 4.64. The van der Waals surface area contributed by atoms with Gasteiger partial charge in [-0.1, -0.05) is 6.07 Å². The van der Waals surface area contributed by atoms with Crippen LogP contribution in [-0.4, -0.2) is 12.6 Å². The van der Waals surface area contributed by atoms with Crippen LogP contribution >= 0.6 is 0 Å². The summed E-state index contributed by atoms with van der Waals surface area (Å²) in [6.45, 7) is 4.73. The van der Waals surface area contributed by atoms with Crippen LogP contribution in [0.5, 0.6) is 5.75 Å². The summed E-state index contributed by atoms with van der Waals surface area (Å²) in [5.74, 6) is 1.68. The molecule has 4 nitrogen and oxygen atoms in total. The molecule has 0 spiro atoms. The zero-order chi connectivity index (χ0) is 13.7. The lowest BCUT2D eigenvalue weighted by atomic mass is 10.2. The minimum Gasteiger partial charge on any atom is -0.489 e. The van der Waals surface area contributed by atoms with Gasteiger partial charge in [0.1, 0.15) is 11.5 Å². The van der Waals surface area contributed by atoms with E-state index >= 15 is 0 Å². The molecule has 0 aliphatic heterocycles. The van der Waals surface area contributed by atoms with E-state index in [0.29, 0.717) is 5.69 Å². The fourth-order valence-corrected chi connectivity index (χ4v) is 1.83. The van der Waals surface area contributed by atoms with Gasteiger partial charge in [0.05, 0.1) is 23.7 Å². The van der Waals surface area contributed by atoms with E-state index in [1.165, 1.54) is 0 Å². The smallest absolute Gasteiger partial charge is 0.144 e. The third kappa shape index (κ3) is 3.68. The number of nitrogen functional groups attached to an aromatic ring is 1. The molecule has 0 unspecified atom stereocenters. The van der Waals surface area contributed by atoms with Gasteiger partial charge in [-0.15, -0.1) is 0 Å². The first-order chi connectivity index (χ1) is 9.16. The number of nitrogens with one attached hydrogen (secondary N) is 1. The summed E-state index contributed by atoms with van der Waals surface area (Å²) in [5.41, 5.74) is 7.62. The third-order valence-electron chi connectivity index (χ3n) is 2.70. The second kappa shape index (κ2) is 6.18. The van der Waals surface area contributed by atoms with E-state index in [4.69, 9.17) is 14.9 Å². The van der Waals surface area contributed by atoms with E-state index in [2.05, 4.69) is 5.32 Å². The predicted molar refractivity (Wildman–Crippen MR) is 77.5 cm³/mol. The summed E-state index contributed by atoms with van der Waals surface area (Å²) in [5, 5.41) is 3.30. The van der Waals surface area contributed by atoms with Crippen LogP contribution in [0.15, 0.2) is 41.0 Å². The lowest BCUT2D eigenvalue weighted by molar-refractivity contribution is 0.244. The van der Waals surface area contributed by atoms with Crippen molar-refractivity contribution in [3.63, 3.8) is 0 Å². The van der Waals surface area contributed by atoms with Crippen molar-refractivity contribution in [1.29, 1.82) is 0 Å². The zero-order valence-electron chi connectivity index (χ0n) is 11.3. The van der Waals surface area contributed by atoms with Gasteiger partial charge in [-0.3, -0.25) is 0 Å². The summed E-state index contributed by atoms with van der Waals surface area (Å²) in [6.07, 6.45) is 2.61. The predicted octanol–water partition coefficient (Wildman–Crippen LogP) is 3.30. The van der Waals surface area contributed by atoms with Crippen LogP contribution in [-0.2, 0) is 6.42 Å². The van der Waals surface area contributed by atoms with E-state index in [-0.39, 0.29) is 6.10 Å². The van der Waals surface area contributed by atoms with Crippen LogP contribution in [0.25, 0.3) is 0 Å². The first-order valence-electron chi connectivity index (χ1n) is 6.48. The number of furan rings is 1. The molecular weight excluding hydrogens is 240 g/mol. The van der Waals surface area contributed by atoms with Crippen molar-refractivity contribution in [2.24, 2.45) is 0 Å². The lowest BCUT2D eigenvalue weighted by Crippen LogP contribution is -2.10. The van der Waals surface area contributed by atoms with Gasteiger partial charge in [0, 0.05) is 13.0 Å².